The van der Waals surface area contributed by atoms with Gasteiger partial charge in [0.1, 0.15) is 11.6 Å². The minimum Gasteiger partial charge on any atom is -0.481 e. The molecular formula is C25H40N2O7Si. The normalized spacial score (nSPS) is 14.4. The van der Waals surface area contributed by atoms with Crippen molar-refractivity contribution < 1.29 is 33.8 Å². The second-order valence-corrected chi connectivity index (χ2v) is 15.9. The zero-order valence-electron chi connectivity index (χ0n) is 22.0. The van der Waals surface area contributed by atoms with Gasteiger partial charge in [-0.25, -0.2) is 9.59 Å². The Morgan fingerprint density at radius 1 is 1.09 bits per heavy atom. The second kappa shape index (κ2) is 12.3. The Morgan fingerprint density at radius 3 is 2.17 bits per heavy atom. The quantitative estimate of drug-likeness (QED) is 0.365. The van der Waals surface area contributed by atoms with Crippen LogP contribution in [0.1, 0.15) is 59.2 Å². The first-order valence-corrected chi connectivity index (χ1v) is 14.5. The lowest BCUT2D eigenvalue weighted by Crippen LogP contribution is -2.45. The predicted molar refractivity (Wildman–Crippen MR) is 137 cm³/mol. The third kappa shape index (κ3) is 11.0. The topological polar surface area (TPSA) is 135 Å². The van der Waals surface area contributed by atoms with Gasteiger partial charge in [-0.3, -0.25) is 9.78 Å². The van der Waals surface area contributed by atoms with Crippen LogP contribution in [0, 0.1) is 5.92 Å². The van der Waals surface area contributed by atoms with Gasteiger partial charge in [-0.05, 0) is 57.0 Å². The predicted octanol–water partition coefficient (Wildman–Crippen LogP) is 4.73. The number of nitrogens with zero attached hydrogens (tertiary/aromatic N) is 1. The number of aliphatic carboxylic acids is 2. The van der Waals surface area contributed by atoms with Gasteiger partial charge in [0, 0.05) is 18.3 Å². The zero-order valence-corrected chi connectivity index (χ0v) is 23.0. The molecule has 0 fully saturated rings. The van der Waals surface area contributed by atoms with E-state index in [0.29, 0.717) is 12.3 Å². The maximum Gasteiger partial charge on any atom is 0.408 e. The number of amides is 1. The minimum absolute atomic E-state index is 0.0214. The molecular weight excluding hydrogens is 468 g/mol. The fraction of sp³-hybridized carbons (Fsp3) is 0.600. The van der Waals surface area contributed by atoms with Crippen LogP contribution in [-0.2, 0) is 25.2 Å². The number of hydrogen-bond donors (Lipinski definition) is 3. The Labute approximate surface area is 209 Å². The number of hydrogen-bond acceptors (Lipinski definition) is 6. The summed E-state index contributed by atoms with van der Waals surface area (Å²) in [6.45, 7) is 16.4. The van der Waals surface area contributed by atoms with Gasteiger partial charge in [0.25, 0.3) is 0 Å². The van der Waals surface area contributed by atoms with Crippen LogP contribution in [0.4, 0.5) is 4.79 Å². The molecule has 1 rings (SSSR count). The summed E-state index contributed by atoms with van der Waals surface area (Å²) in [7, 11) is -1.82. The monoisotopic (exact) mass is 508 g/mol. The number of carboxylic acids is 2. The zero-order chi connectivity index (χ0) is 27.0. The van der Waals surface area contributed by atoms with Crippen molar-refractivity contribution in [1.29, 1.82) is 0 Å². The number of carboxylic acid groups (broad SMARTS) is 2. The maximum absolute atomic E-state index is 12.0. The molecule has 1 heterocycles. The number of pyridine rings is 1. The van der Waals surface area contributed by atoms with E-state index >= 15 is 0 Å². The number of alkyl carbamates (subject to hydrolysis) is 1. The Morgan fingerprint density at radius 2 is 1.71 bits per heavy atom. The molecule has 0 aliphatic rings. The van der Waals surface area contributed by atoms with Gasteiger partial charge in [-0.1, -0.05) is 39.0 Å². The van der Waals surface area contributed by atoms with Gasteiger partial charge in [-0.15, -0.1) is 0 Å². The molecule has 1 aromatic rings. The summed E-state index contributed by atoms with van der Waals surface area (Å²) in [5.74, 6) is -3.57. The number of aromatic nitrogens is 1. The molecule has 35 heavy (non-hydrogen) atoms. The molecule has 0 aliphatic heterocycles. The average molecular weight is 509 g/mol. The van der Waals surface area contributed by atoms with E-state index in [4.69, 9.17) is 9.16 Å². The first-order valence-electron chi connectivity index (χ1n) is 11.6. The van der Waals surface area contributed by atoms with Gasteiger partial charge < -0.3 is 24.7 Å². The molecule has 0 spiro atoms. The lowest BCUT2D eigenvalue weighted by Gasteiger charge is -2.35. The molecule has 2 atom stereocenters. The number of carbonyl (C=O) groups is 3. The van der Waals surface area contributed by atoms with Crippen molar-refractivity contribution in [2.24, 2.45) is 5.92 Å². The van der Waals surface area contributed by atoms with Gasteiger partial charge in [0.05, 0.1) is 12.5 Å². The SMILES string of the molecule is CC(C)(C)OC(=O)N[C@H](C[C@H](Cc1ccc(C=CCO[Si](C)(C)C(C)(C)C)cn1)C(=O)O)C(=O)O. The van der Waals surface area contributed by atoms with E-state index in [1.165, 1.54) is 0 Å². The van der Waals surface area contributed by atoms with Gasteiger partial charge in [-0.2, -0.15) is 0 Å². The lowest BCUT2D eigenvalue weighted by molar-refractivity contribution is -0.144. The van der Waals surface area contributed by atoms with E-state index in [2.05, 4.69) is 44.2 Å². The van der Waals surface area contributed by atoms with Crippen LogP contribution in [-0.4, -0.2) is 59.8 Å². The largest absolute Gasteiger partial charge is 0.481 e. The molecule has 1 amide bonds. The molecule has 196 valence electrons. The molecule has 0 radical (unpaired) electrons. The summed E-state index contributed by atoms with van der Waals surface area (Å²) in [6.07, 6.45) is 4.25. The smallest absolute Gasteiger partial charge is 0.408 e. The Hall–Kier alpha value is -2.72. The summed E-state index contributed by atoms with van der Waals surface area (Å²) < 4.78 is 11.2. The molecule has 0 bridgehead atoms. The van der Waals surface area contributed by atoms with Crippen LogP contribution in [0.5, 0.6) is 0 Å². The van der Waals surface area contributed by atoms with Crippen molar-refractivity contribution in [2.45, 2.75) is 84.2 Å². The Kier molecular flexibility index (Phi) is 10.7. The number of ether oxygens (including phenoxy) is 1. The summed E-state index contributed by atoms with van der Waals surface area (Å²) in [5.41, 5.74) is 0.541. The van der Waals surface area contributed by atoms with Crippen molar-refractivity contribution in [3.05, 3.63) is 35.7 Å². The van der Waals surface area contributed by atoms with E-state index in [-0.39, 0.29) is 17.9 Å². The molecule has 3 N–H and O–H groups in total. The summed E-state index contributed by atoms with van der Waals surface area (Å²) in [4.78, 5) is 39.7. The highest BCUT2D eigenvalue weighted by Gasteiger charge is 2.36. The molecule has 10 heteroatoms. The maximum atomic E-state index is 12.0. The van der Waals surface area contributed by atoms with Gasteiger partial charge >= 0.3 is 18.0 Å². The number of nitrogens with one attached hydrogen (secondary N) is 1. The second-order valence-electron chi connectivity index (χ2n) is 11.1. The first kappa shape index (κ1) is 30.3. The van der Waals surface area contributed by atoms with Crippen molar-refractivity contribution >= 4 is 32.4 Å². The third-order valence-electron chi connectivity index (χ3n) is 5.82. The van der Waals surface area contributed by atoms with Gasteiger partial charge in [0.15, 0.2) is 8.32 Å². The highest BCUT2D eigenvalue weighted by atomic mass is 28.4. The molecule has 0 saturated heterocycles. The third-order valence-corrected chi connectivity index (χ3v) is 10.3. The minimum atomic E-state index is -1.82. The van der Waals surface area contributed by atoms with Crippen LogP contribution in [0.15, 0.2) is 24.4 Å². The van der Waals surface area contributed by atoms with Gasteiger partial charge in [0.2, 0.25) is 0 Å². The fourth-order valence-electron chi connectivity index (χ4n) is 2.79. The van der Waals surface area contributed by atoms with Crippen LogP contribution in [0.2, 0.25) is 18.1 Å². The Bertz CT molecular complexity index is 900. The molecule has 9 nitrogen and oxygen atoms in total. The summed E-state index contributed by atoms with van der Waals surface area (Å²) in [6, 6.07) is 2.12. The molecule has 0 aromatic carbocycles. The van der Waals surface area contributed by atoms with Crippen molar-refractivity contribution in [3.8, 4) is 0 Å². The molecule has 1 aromatic heterocycles. The van der Waals surface area contributed by atoms with E-state index in [0.717, 1.165) is 5.56 Å². The first-order chi connectivity index (χ1) is 15.9. The molecule has 0 unspecified atom stereocenters. The van der Waals surface area contributed by atoms with Crippen molar-refractivity contribution in [1.82, 2.24) is 10.3 Å². The van der Waals surface area contributed by atoms with E-state index < -0.39 is 43.9 Å². The lowest BCUT2D eigenvalue weighted by atomic mass is 9.94. The van der Waals surface area contributed by atoms with E-state index in [1.54, 1.807) is 33.0 Å². The number of carbonyl (C=O) groups excluding carboxylic acids is 1. The highest BCUT2D eigenvalue weighted by molar-refractivity contribution is 6.74. The van der Waals surface area contributed by atoms with Crippen molar-refractivity contribution in [2.75, 3.05) is 6.61 Å². The van der Waals surface area contributed by atoms with Crippen LogP contribution in [0.3, 0.4) is 0 Å². The van der Waals surface area contributed by atoms with Crippen LogP contribution in [0.25, 0.3) is 6.08 Å². The van der Waals surface area contributed by atoms with E-state index in [9.17, 15) is 24.6 Å². The van der Waals surface area contributed by atoms with Crippen LogP contribution < -0.4 is 5.32 Å². The number of rotatable bonds is 11. The summed E-state index contributed by atoms with van der Waals surface area (Å²) in [5, 5.41) is 21.4. The summed E-state index contributed by atoms with van der Waals surface area (Å²) >= 11 is 0. The Balaban J connectivity index is 2.77. The molecule has 0 saturated carbocycles. The average Bonchev–Trinajstić information content (AvgIpc) is 2.68. The van der Waals surface area contributed by atoms with E-state index in [1.807, 2.05) is 18.2 Å². The molecule has 0 aliphatic carbocycles. The standard InChI is InChI=1S/C25H40N2O7Si/c1-24(2,3)34-23(32)27-20(22(30)31)15-18(21(28)29)14-19-12-11-17(16-26-19)10-9-13-33-35(7,8)25(4,5)6/h9-12,16,18,20H,13-15H2,1-8H3,(H,27,32)(H,28,29)(H,30,31)/t18-,20+/m0/s1. The van der Waals surface area contributed by atoms with Crippen LogP contribution >= 0.6 is 0 Å². The van der Waals surface area contributed by atoms with Crippen molar-refractivity contribution in [3.63, 3.8) is 0 Å². The highest BCUT2D eigenvalue weighted by Crippen LogP contribution is 2.36. The fourth-order valence-corrected chi connectivity index (χ4v) is 3.74.